The Morgan fingerprint density at radius 3 is 2.09 bits per heavy atom. The molecule has 1 aliphatic rings. The molecule has 1 rings (SSSR count). The lowest BCUT2D eigenvalue weighted by atomic mass is 9.94. The van der Waals surface area contributed by atoms with E-state index in [9.17, 15) is 0 Å². The fourth-order valence-corrected chi connectivity index (χ4v) is 3.80. The SMILES string of the molecule is CCCCCCCCCC(CNC1CCCCC1)C(OC)OC. The molecule has 1 N–H and O–H groups in total. The number of rotatable bonds is 14. The maximum Gasteiger partial charge on any atom is 0.160 e. The van der Waals surface area contributed by atoms with Gasteiger partial charge < -0.3 is 14.8 Å². The molecule has 0 aromatic rings. The van der Waals surface area contributed by atoms with Crippen LogP contribution in [0.25, 0.3) is 0 Å². The molecule has 1 fully saturated rings. The largest absolute Gasteiger partial charge is 0.356 e. The van der Waals surface area contributed by atoms with Gasteiger partial charge >= 0.3 is 0 Å². The number of hydrogen-bond acceptors (Lipinski definition) is 3. The molecule has 1 atom stereocenters. The van der Waals surface area contributed by atoms with Crippen molar-refractivity contribution in [1.82, 2.24) is 5.32 Å². The summed E-state index contributed by atoms with van der Waals surface area (Å²) in [5, 5.41) is 3.78. The van der Waals surface area contributed by atoms with Gasteiger partial charge in [-0.1, -0.05) is 71.1 Å². The summed E-state index contributed by atoms with van der Waals surface area (Å²) >= 11 is 0. The van der Waals surface area contributed by atoms with Gasteiger partial charge in [-0.2, -0.15) is 0 Å². The van der Waals surface area contributed by atoms with E-state index in [1.165, 1.54) is 83.5 Å². The van der Waals surface area contributed by atoms with Crippen molar-refractivity contribution in [3.05, 3.63) is 0 Å². The third-order valence-corrected chi connectivity index (χ3v) is 5.30. The highest BCUT2D eigenvalue weighted by atomic mass is 16.7. The molecule has 0 aliphatic heterocycles. The number of hydrogen-bond donors (Lipinski definition) is 1. The summed E-state index contributed by atoms with van der Waals surface area (Å²) in [6.45, 7) is 3.31. The Kier molecular flexibility index (Phi) is 13.0. The van der Waals surface area contributed by atoms with E-state index in [1.807, 2.05) is 0 Å². The van der Waals surface area contributed by atoms with E-state index in [0.717, 1.165) is 12.6 Å². The molecule has 23 heavy (non-hydrogen) atoms. The topological polar surface area (TPSA) is 30.5 Å². The van der Waals surface area contributed by atoms with E-state index in [0.29, 0.717) is 5.92 Å². The molecule has 3 nitrogen and oxygen atoms in total. The second-order valence-corrected chi connectivity index (χ2v) is 7.25. The molecule has 0 aromatic carbocycles. The maximum absolute atomic E-state index is 5.55. The van der Waals surface area contributed by atoms with Crippen LogP contribution in [0.15, 0.2) is 0 Å². The van der Waals surface area contributed by atoms with Crippen LogP contribution in [-0.2, 0) is 9.47 Å². The van der Waals surface area contributed by atoms with Crippen LogP contribution in [0.2, 0.25) is 0 Å². The van der Waals surface area contributed by atoms with Crippen molar-refractivity contribution in [3.63, 3.8) is 0 Å². The Labute approximate surface area is 144 Å². The van der Waals surface area contributed by atoms with Gasteiger partial charge in [-0.3, -0.25) is 0 Å². The third kappa shape index (κ3) is 9.69. The Bertz CT molecular complexity index is 250. The Balaban J connectivity index is 2.22. The zero-order chi connectivity index (χ0) is 16.8. The van der Waals surface area contributed by atoms with Gasteiger partial charge in [0.2, 0.25) is 0 Å². The Morgan fingerprint density at radius 1 is 0.870 bits per heavy atom. The number of nitrogens with one attached hydrogen (secondary N) is 1. The van der Waals surface area contributed by atoms with Gasteiger partial charge in [-0.05, 0) is 19.3 Å². The van der Waals surface area contributed by atoms with Crippen LogP contribution in [0.3, 0.4) is 0 Å². The number of unbranched alkanes of at least 4 members (excludes halogenated alkanes) is 6. The van der Waals surface area contributed by atoms with E-state index < -0.39 is 0 Å². The molecule has 3 heteroatoms. The molecular weight excluding hydrogens is 286 g/mol. The minimum atomic E-state index is -0.0637. The average molecular weight is 328 g/mol. The average Bonchev–Trinajstić information content (AvgIpc) is 2.60. The van der Waals surface area contributed by atoms with Gasteiger partial charge in [0.1, 0.15) is 0 Å². The molecule has 0 radical (unpaired) electrons. The summed E-state index contributed by atoms with van der Waals surface area (Å²) in [6.07, 6.45) is 17.6. The van der Waals surface area contributed by atoms with Crippen LogP contribution >= 0.6 is 0 Å². The highest BCUT2D eigenvalue weighted by molar-refractivity contribution is 4.75. The maximum atomic E-state index is 5.55. The summed E-state index contributed by atoms with van der Waals surface area (Å²) in [5.41, 5.74) is 0. The third-order valence-electron chi connectivity index (χ3n) is 5.30. The molecule has 1 saturated carbocycles. The molecule has 0 heterocycles. The molecular formula is C20H41NO2. The van der Waals surface area contributed by atoms with E-state index in [-0.39, 0.29) is 6.29 Å². The van der Waals surface area contributed by atoms with Gasteiger partial charge in [0.25, 0.3) is 0 Å². The number of ether oxygens (including phenoxy) is 2. The molecule has 0 amide bonds. The predicted octanol–water partition coefficient (Wildman–Crippen LogP) is 5.28. The van der Waals surface area contributed by atoms with Gasteiger partial charge in [-0.15, -0.1) is 0 Å². The van der Waals surface area contributed by atoms with Crippen LogP contribution in [0.1, 0.15) is 90.4 Å². The first-order valence-corrected chi connectivity index (χ1v) is 10.1. The monoisotopic (exact) mass is 327 g/mol. The quantitative estimate of drug-likeness (QED) is 0.347. The Hall–Kier alpha value is -0.120. The molecule has 0 aromatic heterocycles. The summed E-state index contributed by atoms with van der Waals surface area (Å²) < 4.78 is 11.1. The van der Waals surface area contributed by atoms with Crippen molar-refractivity contribution in [2.45, 2.75) is 103 Å². The van der Waals surface area contributed by atoms with Gasteiger partial charge in [-0.25, -0.2) is 0 Å². The van der Waals surface area contributed by atoms with Gasteiger partial charge in [0, 0.05) is 32.7 Å². The summed E-state index contributed by atoms with van der Waals surface area (Å²) in [4.78, 5) is 0. The van der Waals surface area contributed by atoms with Crippen molar-refractivity contribution < 1.29 is 9.47 Å². The second kappa shape index (κ2) is 14.2. The zero-order valence-electron chi connectivity index (χ0n) is 15.9. The lowest BCUT2D eigenvalue weighted by molar-refractivity contribution is -0.138. The van der Waals surface area contributed by atoms with Crippen LogP contribution < -0.4 is 5.32 Å². The highest BCUT2D eigenvalue weighted by Crippen LogP contribution is 2.21. The van der Waals surface area contributed by atoms with Gasteiger partial charge in [0.15, 0.2) is 6.29 Å². The van der Waals surface area contributed by atoms with Crippen molar-refractivity contribution in [2.75, 3.05) is 20.8 Å². The Morgan fingerprint density at radius 2 is 1.48 bits per heavy atom. The van der Waals surface area contributed by atoms with E-state index >= 15 is 0 Å². The first-order chi connectivity index (χ1) is 11.3. The molecule has 1 aliphatic carbocycles. The smallest absolute Gasteiger partial charge is 0.160 e. The molecule has 0 bridgehead atoms. The minimum absolute atomic E-state index is 0.0637. The van der Waals surface area contributed by atoms with E-state index in [4.69, 9.17) is 9.47 Å². The molecule has 0 saturated heterocycles. The van der Waals surface area contributed by atoms with Crippen LogP contribution in [0.4, 0.5) is 0 Å². The molecule has 1 unspecified atom stereocenters. The van der Waals surface area contributed by atoms with Crippen molar-refractivity contribution in [3.8, 4) is 0 Å². The predicted molar refractivity (Wildman–Crippen MR) is 98.8 cm³/mol. The standard InChI is InChI=1S/C20H41NO2/c1-4-5-6-7-8-9-11-14-18(20(22-2)23-3)17-21-19-15-12-10-13-16-19/h18-21H,4-17H2,1-3H3. The van der Waals surface area contributed by atoms with Crippen molar-refractivity contribution in [1.29, 1.82) is 0 Å². The minimum Gasteiger partial charge on any atom is -0.356 e. The first kappa shape index (κ1) is 20.9. The highest BCUT2D eigenvalue weighted by Gasteiger charge is 2.22. The first-order valence-electron chi connectivity index (χ1n) is 10.1. The lowest BCUT2D eigenvalue weighted by Gasteiger charge is -2.29. The van der Waals surface area contributed by atoms with Gasteiger partial charge in [0.05, 0.1) is 0 Å². The van der Waals surface area contributed by atoms with Crippen LogP contribution in [-0.4, -0.2) is 33.1 Å². The normalized spacial score (nSPS) is 17.7. The second-order valence-electron chi connectivity index (χ2n) is 7.25. The fourth-order valence-electron chi connectivity index (χ4n) is 3.80. The molecule has 0 spiro atoms. The van der Waals surface area contributed by atoms with Crippen LogP contribution in [0, 0.1) is 5.92 Å². The van der Waals surface area contributed by atoms with Crippen molar-refractivity contribution >= 4 is 0 Å². The fraction of sp³-hybridized carbons (Fsp3) is 1.00. The zero-order valence-corrected chi connectivity index (χ0v) is 15.9. The van der Waals surface area contributed by atoms with E-state index in [1.54, 1.807) is 14.2 Å². The summed E-state index contributed by atoms with van der Waals surface area (Å²) in [6, 6.07) is 0.717. The van der Waals surface area contributed by atoms with E-state index in [2.05, 4.69) is 12.2 Å². The molecule has 138 valence electrons. The van der Waals surface area contributed by atoms with Crippen LogP contribution in [0.5, 0.6) is 0 Å². The van der Waals surface area contributed by atoms with Crippen molar-refractivity contribution in [2.24, 2.45) is 5.92 Å². The summed E-state index contributed by atoms with van der Waals surface area (Å²) in [5.74, 6) is 0.475. The lowest BCUT2D eigenvalue weighted by Crippen LogP contribution is -2.39. The summed E-state index contributed by atoms with van der Waals surface area (Å²) in [7, 11) is 3.54. The number of methoxy groups -OCH3 is 2.